The lowest BCUT2D eigenvalue weighted by molar-refractivity contribution is -0.115. The average Bonchev–Trinajstić information content (AvgIpc) is 2.86. The van der Waals surface area contributed by atoms with Gasteiger partial charge in [0.25, 0.3) is 5.91 Å². The quantitative estimate of drug-likeness (QED) is 0.374. The number of methoxy groups -OCH3 is 2. The van der Waals surface area contributed by atoms with Crippen molar-refractivity contribution in [2.24, 2.45) is 0 Å². The zero-order chi connectivity index (χ0) is 24.5. The Morgan fingerprint density at radius 3 is 2.09 bits per heavy atom. The lowest BCUT2D eigenvalue weighted by atomic mass is 10.2. The third-order valence-corrected chi connectivity index (χ3v) is 5.98. The molecule has 0 saturated heterocycles. The van der Waals surface area contributed by atoms with Gasteiger partial charge in [-0.25, -0.2) is 0 Å². The summed E-state index contributed by atoms with van der Waals surface area (Å²) < 4.78 is 15.9. The minimum absolute atomic E-state index is 0.0972. The maximum atomic E-state index is 12.6. The highest BCUT2D eigenvalue weighted by Gasteiger charge is 2.15. The molecule has 0 aliphatic heterocycles. The molecule has 2 amide bonds. The van der Waals surface area contributed by atoms with E-state index >= 15 is 0 Å². The van der Waals surface area contributed by atoms with Gasteiger partial charge >= 0.3 is 0 Å². The first-order chi connectivity index (χ1) is 16.4. The third-order valence-electron chi connectivity index (χ3n) is 4.87. The van der Waals surface area contributed by atoms with Crippen LogP contribution in [0.2, 0.25) is 0 Å². The van der Waals surface area contributed by atoms with Crippen LogP contribution in [0, 0.1) is 0 Å². The zero-order valence-corrected chi connectivity index (χ0v) is 20.4. The summed E-state index contributed by atoms with van der Waals surface area (Å²) >= 11 is 1.44. The van der Waals surface area contributed by atoms with Crippen LogP contribution in [0.15, 0.2) is 71.6 Å². The summed E-state index contributed by atoms with van der Waals surface area (Å²) in [5.41, 5.74) is 1.82. The summed E-state index contributed by atoms with van der Waals surface area (Å²) in [6.45, 7) is 4.37. The standard InChI is InChI=1S/C26H28N2O5S/c1-5-33-21-11-7-19(8-12-21)27-25(29)17(2)34-22-13-9-20(10-14-22)28-26(30)18-6-15-23(31-3)24(16-18)32-4/h6-17H,5H2,1-4H3,(H,27,29)(H,28,30). The fraction of sp³-hybridized carbons (Fsp3) is 0.231. The van der Waals surface area contributed by atoms with E-state index in [1.165, 1.54) is 18.9 Å². The predicted molar refractivity (Wildman–Crippen MR) is 136 cm³/mol. The lowest BCUT2D eigenvalue weighted by Crippen LogP contribution is -2.22. The van der Waals surface area contributed by atoms with Crippen LogP contribution in [0.3, 0.4) is 0 Å². The number of nitrogens with one attached hydrogen (secondary N) is 2. The van der Waals surface area contributed by atoms with E-state index in [1.54, 1.807) is 37.4 Å². The van der Waals surface area contributed by atoms with E-state index in [2.05, 4.69) is 10.6 Å². The highest BCUT2D eigenvalue weighted by atomic mass is 32.2. The van der Waals surface area contributed by atoms with Gasteiger partial charge < -0.3 is 24.8 Å². The lowest BCUT2D eigenvalue weighted by Gasteiger charge is -2.13. The largest absolute Gasteiger partial charge is 0.494 e. The van der Waals surface area contributed by atoms with Gasteiger partial charge in [-0.15, -0.1) is 11.8 Å². The molecule has 1 unspecified atom stereocenters. The second-order valence-corrected chi connectivity index (χ2v) is 8.67. The number of ether oxygens (including phenoxy) is 3. The van der Waals surface area contributed by atoms with Gasteiger partial charge in [-0.05, 0) is 80.6 Å². The van der Waals surface area contributed by atoms with Crippen molar-refractivity contribution in [2.75, 3.05) is 31.5 Å². The first-order valence-corrected chi connectivity index (χ1v) is 11.6. The summed E-state index contributed by atoms with van der Waals surface area (Å²) in [4.78, 5) is 26.1. The van der Waals surface area contributed by atoms with Crippen LogP contribution >= 0.6 is 11.8 Å². The molecule has 7 nitrogen and oxygen atoms in total. The van der Waals surface area contributed by atoms with E-state index in [0.717, 1.165) is 10.6 Å². The van der Waals surface area contributed by atoms with E-state index in [1.807, 2.05) is 50.2 Å². The van der Waals surface area contributed by atoms with Crippen molar-refractivity contribution >= 4 is 35.0 Å². The Bertz CT molecular complexity index is 1120. The molecule has 1 atom stereocenters. The Balaban J connectivity index is 1.55. The Morgan fingerprint density at radius 1 is 0.853 bits per heavy atom. The molecule has 0 spiro atoms. The fourth-order valence-electron chi connectivity index (χ4n) is 3.10. The normalized spacial score (nSPS) is 11.3. The molecule has 0 aromatic heterocycles. The van der Waals surface area contributed by atoms with Gasteiger partial charge in [0.05, 0.1) is 26.1 Å². The van der Waals surface area contributed by atoms with Crippen LogP contribution < -0.4 is 24.8 Å². The zero-order valence-electron chi connectivity index (χ0n) is 19.6. The number of benzene rings is 3. The maximum absolute atomic E-state index is 12.6. The summed E-state index contributed by atoms with van der Waals surface area (Å²) in [6, 6.07) is 19.6. The van der Waals surface area contributed by atoms with Gasteiger partial charge in [0, 0.05) is 21.8 Å². The van der Waals surface area contributed by atoms with Crippen LogP contribution in [-0.4, -0.2) is 37.9 Å². The van der Waals surface area contributed by atoms with E-state index in [4.69, 9.17) is 14.2 Å². The SMILES string of the molecule is CCOc1ccc(NC(=O)C(C)Sc2ccc(NC(=O)c3ccc(OC)c(OC)c3)cc2)cc1. The molecular formula is C26H28N2O5S. The number of carbonyl (C=O) groups is 2. The van der Waals surface area contributed by atoms with E-state index in [0.29, 0.717) is 35.0 Å². The van der Waals surface area contributed by atoms with E-state index < -0.39 is 0 Å². The molecule has 0 bridgehead atoms. The number of thioether (sulfide) groups is 1. The van der Waals surface area contributed by atoms with Crippen molar-refractivity contribution in [1.82, 2.24) is 0 Å². The number of rotatable bonds is 10. The van der Waals surface area contributed by atoms with Crippen LogP contribution in [0.4, 0.5) is 11.4 Å². The number of hydrogen-bond donors (Lipinski definition) is 2. The van der Waals surface area contributed by atoms with Gasteiger partial charge in [-0.3, -0.25) is 9.59 Å². The second-order valence-electron chi connectivity index (χ2n) is 7.25. The summed E-state index contributed by atoms with van der Waals surface area (Å²) in [7, 11) is 3.07. The van der Waals surface area contributed by atoms with Crippen molar-refractivity contribution in [3.63, 3.8) is 0 Å². The van der Waals surface area contributed by atoms with Crippen molar-refractivity contribution in [2.45, 2.75) is 24.0 Å². The molecule has 0 saturated carbocycles. The van der Waals surface area contributed by atoms with E-state index in [9.17, 15) is 9.59 Å². The summed E-state index contributed by atoms with van der Waals surface area (Å²) in [5.74, 6) is 1.45. The molecule has 2 N–H and O–H groups in total. The maximum Gasteiger partial charge on any atom is 0.255 e. The highest BCUT2D eigenvalue weighted by Crippen LogP contribution is 2.29. The van der Waals surface area contributed by atoms with Gasteiger partial charge in [0.15, 0.2) is 11.5 Å². The minimum Gasteiger partial charge on any atom is -0.494 e. The number of hydrogen-bond acceptors (Lipinski definition) is 6. The Kier molecular flexibility index (Phi) is 8.81. The van der Waals surface area contributed by atoms with E-state index in [-0.39, 0.29) is 17.1 Å². The Labute approximate surface area is 203 Å². The molecule has 34 heavy (non-hydrogen) atoms. The van der Waals surface area contributed by atoms with Gasteiger partial charge in [0.1, 0.15) is 5.75 Å². The van der Waals surface area contributed by atoms with Crippen molar-refractivity contribution in [3.05, 3.63) is 72.3 Å². The van der Waals surface area contributed by atoms with Crippen LogP contribution in [0.5, 0.6) is 17.2 Å². The van der Waals surface area contributed by atoms with Crippen LogP contribution in [0.1, 0.15) is 24.2 Å². The molecule has 0 aliphatic rings. The summed E-state index contributed by atoms with van der Waals surface area (Å²) in [6.07, 6.45) is 0. The molecule has 3 aromatic rings. The molecule has 178 valence electrons. The minimum atomic E-state index is -0.307. The molecule has 0 radical (unpaired) electrons. The van der Waals surface area contributed by atoms with Crippen molar-refractivity contribution in [1.29, 1.82) is 0 Å². The van der Waals surface area contributed by atoms with Crippen molar-refractivity contribution < 1.29 is 23.8 Å². The Hall–Kier alpha value is -3.65. The smallest absolute Gasteiger partial charge is 0.255 e. The molecule has 3 rings (SSSR count). The van der Waals surface area contributed by atoms with Gasteiger partial charge in [-0.2, -0.15) is 0 Å². The number of amides is 2. The molecule has 0 aliphatic carbocycles. The average molecular weight is 481 g/mol. The van der Waals surface area contributed by atoms with Crippen LogP contribution in [-0.2, 0) is 4.79 Å². The first-order valence-electron chi connectivity index (χ1n) is 10.8. The predicted octanol–water partition coefficient (Wildman–Crippen LogP) is 5.47. The van der Waals surface area contributed by atoms with Gasteiger partial charge in [-0.1, -0.05) is 0 Å². The first kappa shape index (κ1) is 25.0. The molecule has 0 heterocycles. The fourth-order valence-corrected chi connectivity index (χ4v) is 3.97. The summed E-state index contributed by atoms with van der Waals surface area (Å²) in [5, 5.41) is 5.47. The van der Waals surface area contributed by atoms with Crippen molar-refractivity contribution in [3.8, 4) is 17.2 Å². The second kappa shape index (κ2) is 12.0. The molecule has 8 heteroatoms. The highest BCUT2D eigenvalue weighted by molar-refractivity contribution is 8.00. The molecule has 3 aromatic carbocycles. The molecular weight excluding hydrogens is 452 g/mol. The Morgan fingerprint density at radius 2 is 1.47 bits per heavy atom. The topological polar surface area (TPSA) is 85.9 Å². The van der Waals surface area contributed by atoms with Gasteiger partial charge in [0.2, 0.25) is 5.91 Å². The monoisotopic (exact) mass is 480 g/mol. The molecule has 0 fully saturated rings. The number of carbonyl (C=O) groups excluding carboxylic acids is 2. The number of anilines is 2. The van der Waals surface area contributed by atoms with Crippen LogP contribution in [0.25, 0.3) is 0 Å². The third kappa shape index (κ3) is 6.68.